The molecule has 0 radical (unpaired) electrons. The highest BCUT2D eigenvalue weighted by Crippen LogP contribution is 2.20. The third-order valence-corrected chi connectivity index (χ3v) is 7.85. The van der Waals surface area contributed by atoms with Crippen LogP contribution in [0.15, 0.2) is 91.0 Å². The van der Waals surface area contributed by atoms with Gasteiger partial charge in [0.25, 0.3) is 5.91 Å². The van der Waals surface area contributed by atoms with Gasteiger partial charge in [-0.2, -0.15) is 0 Å². The Balaban J connectivity index is 1.34. The summed E-state index contributed by atoms with van der Waals surface area (Å²) in [5.74, 6) is -2.64. The molecule has 0 aromatic heterocycles. The zero-order valence-corrected chi connectivity index (χ0v) is 26.0. The van der Waals surface area contributed by atoms with Gasteiger partial charge in [-0.05, 0) is 42.4 Å². The second-order valence-corrected chi connectivity index (χ2v) is 11.4. The molecular formula is C35H41N5O7. The summed E-state index contributed by atoms with van der Waals surface area (Å²) in [5, 5.41) is 18.8. The van der Waals surface area contributed by atoms with Crippen molar-refractivity contribution < 1.29 is 33.8 Å². The van der Waals surface area contributed by atoms with E-state index in [4.69, 9.17) is 10.5 Å². The van der Waals surface area contributed by atoms with Crippen molar-refractivity contribution in [2.75, 3.05) is 13.1 Å². The highest BCUT2D eigenvalue weighted by molar-refractivity contribution is 5.95. The molecule has 0 saturated carbocycles. The minimum atomic E-state index is -1.70. The van der Waals surface area contributed by atoms with Crippen molar-refractivity contribution in [3.8, 4) is 0 Å². The summed E-state index contributed by atoms with van der Waals surface area (Å²) in [6, 6.07) is 24.3. The van der Waals surface area contributed by atoms with E-state index in [0.717, 1.165) is 16.7 Å². The molecule has 1 aliphatic rings. The smallest absolute Gasteiger partial charge is 0.414 e. The molecule has 4 atom stereocenters. The van der Waals surface area contributed by atoms with Crippen LogP contribution < -0.4 is 21.7 Å². The molecule has 2 unspecified atom stereocenters. The Morgan fingerprint density at radius 1 is 0.872 bits per heavy atom. The predicted molar refractivity (Wildman–Crippen MR) is 173 cm³/mol. The number of ether oxygens (including phenoxy) is 1. The molecule has 248 valence electrons. The van der Waals surface area contributed by atoms with Crippen molar-refractivity contribution in [1.82, 2.24) is 20.9 Å². The molecule has 5 amide bonds. The first kappa shape index (κ1) is 34.8. The van der Waals surface area contributed by atoms with Crippen LogP contribution in [0.1, 0.15) is 36.0 Å². The van der Waals surface area contributed by atoms with Gasteiger partial charge in [-0.15, -0.1) is 0 Å². The number of carbonyl (C=O) groups excluding carboxylic acids is 5. The molecule has 3 aromatic carbocycles. The number of nitrogens with one attached hydrogen (secondary N) is 3. The summed E-state index contributed by atoms with van der Waals surface area (Å²) in [7, 11) is 0. The van der Waals surface area contributed by atoms with E-state index in [1.165, 1.54) is 4.90 Å². The minimum absolute atomic E-state index is 0.0488. The van der Waals surface area contributed by atoms with Gasteiger partial charge in [-0.3, -0.25) is 24.5 Å². The number of aliphatic hydroxyl groups is 1. The van der Waals surface area contributed by atoms with E-state index in [0.29, 0.717) is 25.8 Å². The summed E-state index contributed by atoms with van der Waals surface area (Å²) in [5.41, 5.74) is 8.52. The van der Waals surface area contributed by atoms with Crippen LogP contribution in [0.25, 0.3) is 0 Å². The number of carbonyl (C=O) groups is 5. The molecule has 6 N–H and O–H groups in total. The number of alkyl carbamates (subject to hydrolysis) is 1. The van der Waals surface area contributed by atoms with Crippen LogP contribution in [-0.2, 0) is 43.4 Å². The number of nitrogens with two attached hydrogens (primary N) is 1. The molecule has 12 heteroatoms. The van der Waals surface area contributed by atoms with E-state index in [-0.39, 0.29) is 25.5 Å². The van der Waals surface area contributed by atoms with Crippen LogP contribution in [0.3, 0.4) is 0 Å². The minimum Gasteiger partial charge on any atom is -0.444 e. The molecule has 0 spiro atoms. The molecule has 0 aliphatic carbocycles. The van der Waals surface area contributed by atoms with Crippen molar-refractivity contribution in [2.24, 2.45) is 5.73 Å². The van der Waals surface area contributed by atoms with Crippen molar-refractivity contribution >= 4 is 29.7 Å². The summed E-state index contributed by atoms with van der Waals surface area (Å²) < 4.78 is 5.03. The van der Waals surface area contributed by atoms with Crippen molar-refractivity contribution in [2.45, 2.75) is 62.9 Å². The lowest BCUT2D eigenvalue weighted by atomic mass is 9.99. The Hall–Kier alpha value is -5.07. The fraction of sp³-hybridized carbons (Fsp3) is 0.343. The maximum Gasteiger partial charge on any atom is 0.414 e. The summed E-state index contributed by atoms with van der Waals surface area (Å²) in [6.07, 6.45) is -1.51. The van der Waals surface area contributed by atoms with Gasteiger partial charge in [0.05, 0.1) is 18.5 Å². The number of imide groups is 1. The van der Waals surface area contributed by atoms with E-state index in [9.17, 15) is 29.1 Å². The summed E-state index contributed by atoms with van der Waals surface area (Å²) >= 11 is 0. The van der Waals surface area contributed by atoms with Crippen molar-refractivity contribution in [1.29, 1.82) is 0 Å². The number of aliphatic hydroxyl groups excluding tert-OH is 1. The molecule has 4 rings (SSSR count). The maximum absolute atomic E-state index is 13.6. The van der Waals surface area contributed by atoms with E-state index in [1.807, 2.05) is 47.8 Å². The van der Waals surface area contributed by atoms with Crippen LogP contribution >= 0.6 is 0 Å². The first-order valence-corrected chi connectivity index (χ1v) is 15.6. The van der Waals surface area contributed by atoms with Gasteiger partial charge in [-0.1, -0.05) is 91.0 Å². The fourth-order valence-corrected chi connectivity index (χ4v) is 5.35. The van der Waals surface area contributed by atoms with Crippen LogP contribution in [0.2, 0.25) is 0 Å². The average Bonchev–Trinajstić information content (AvgIpc) is 3.58. The predicted octanol–water partition coefficient (Wildman–Crippen LogP) is 1.60. The van der Waals surface area contributed by atoms with Gasteiger partial charge in [0.2, 0.25) is 17.7 Å². The lowest BCUT2D eigenvalue weighted by Gasteiger charge is -2.31. The first-order chi connectivity index (χ1) is 22.7. The number of amides is 5. The highest BCUT2D eigenvalue weighted by atomic mass is 16.5. The van der Waals surface area contributed by atoms with E-state index < -0.39 is 54.5 Å². The van der Waals surface area contributed by atoms with Gasteiger partial charge in [0, 0.05) is 13.1 Å². The molecular weight excluding hydrogens is 602 g/mol. The summed E-state index contributed by atoms with van der Waals surface area (Å²) in [6.45, 7) is 0.623. The molecule has 1 heterocycles. The lowest BCUT2D eigenvalue weighted by Crippen LogP contribution is -2.57. The van der Waals surface area contributed by atoms with Crippen LogP contribution in [-0.4, -0.2) is 77.0 Å². The summed E-state index contributed by atoms with van der Waals surface area (Å²) in [4.78, 5) is 65.6. The van der Waals surface area contributed by atoms with Gasteiger partial charge >= 0.3 is 6.09 Å². The molecule has 0 bridgehead atoms. The highest BCUT2D eigenvalue weighted by Gasteiger charge is 2.40. The van der Waals surface area contributed by atoms with E-state index >= 15 is 0 Å². The number of likely N-dealkylation sites (tertiary alicyclic amines) is 1. The second-order valence-electron chi connectivity index (χ2n) is 11.4. The van der Waals surface area contributed by atoms with Gasteiger partial charge < -0.3 is 31.1 Å². The van der Waals surface area contributed by atoms with Crippen LogP contribution in [0.4, 0.5) is 4.79 Å². The molecule has 1 aliphatic heterocycles. The van der Waals surface area contributed by atoms with E-state index in [1.54, 1.807) is 48.5 Å². The average molecular weight is 644 g/mol. The monoisotopic (exact) mass is 643 g/mol. The molecule has 3 aromatic rings. The zero-order valence-electron chi connectivity index (χ0n) is 26.0. The number of rotatable bonds is 14. The molecule has 1 saturated heterocycles. The largest absolute Gasteiger partial charge is 0.444 e. The second kappa shape index (κ2) is 17.6. The number of nitrogens with zero attached hydrogens (tertiary/aromatic N) is 1. The van der Waals surface area contributed by atoms with Crippen molar-refractivity contribution in [3.05, 3.63) is 108 Å². The molecule has 47 heavy (non-hydrogen) atoms. The Morgan fingerprint density at radius 3 is 2.11 bits per heavy atom. The van der Waals surface area contributed by atoms with Crippen molar-refractivity contribution in [3.63, 3.8) is 0 Å². The molecule has 12 nitrogen and oxygen atoms in total. The first-order valence-electron chi connectivity index (χ1n) is 15.6. The lowest BCUT2D eigenvalue weighted by molar-refractivity contribution is -0.147. The standard InChI is InChI=1S/C35H41N5O7/c36-27(22-30(41)39-35(46)47-23-26-15-8-3-9-16-26)32(43)38-28(21-25-13-6-2-7-14-25)31(42)34(45)40-20-10-17-29(40)33(44)37-19-18-24-11-4-1-5-12-24/h1-9,11-16,27-29,31,42H,10,17-23,36H2,(H,37,44)(H,38,43)(H,39,41,46)/t27-,28?,29-,31?/m0/s1. The molecule has 1 fully saturated rings. The number of benzene rings is 3. The third kappa shape index (κ3) is 10.8. The number of hydrogen-bond donors (Lipinski definition) is 5. The van der Waals surface area contributed by atoms with Gasteiger partial charge in [0.1, 0.15) is 12.6 Å². The fourth-order valence-electron chi connectivity index (χ4n) is 5.35. The Morgan fingerprint density at radius 2 is 1.47 bits per heavy atom. The SMILES string of the molecule is N[C@@H](CC(=O)NC(=O)OCc1ccccc1)C(=O)NC(Cc1ccccc1)C(O)C(=O)N1CCC[C@H]1C(=O)NCCc1ccccc1. The Labute approximate surface area is 273 Å². The van der Waals surface area contributed by atoms with Gasteiger partial charge in [-0.25, -0.2) is 4.79 Å². The van der Waals surface area contributed by atoms with Crippen LogP contribution in [0.5, 0.6) is 0 Å². The third-order valence-electron chi connectivity index (χ3n) is 7.85. The van der Waals surface area contributed by atoms with Gasteiger partial charge in [0.15, 0.2) is 6.10 Å². The number of hydrogen-bond acceptors (Lipinski definition) is 8. The quantitative estimate of drug-likeness (QED) is 0.176. The van der Waals surface area contributed by atoms with E-state index in [2.05, 4.69) is 10.6 Å². The van der Waals surface area contributed by atoms with Crippen LogP contribution in [0, 0.1) is 0 Å². The zero-order chi connectivity index (χ0) is 33.6. The Bertz CT molecular complexity index is 1490. The topological polar surface area (TPSA) is 180 Å². The Kier molecular flexibility index (Phi) is 13.0. The maximum atomic E-state index is 13.6. The normalized spacial score (nSPS) is 16.0.